The van der Waals surface area contributed by atoms with Gasteiger partial charge in [0.1, 0.15) is 6.61 Å². The van der Waals surface area contributed by atoms with Crippen LogP contribution in [-0.4, -0.2) is 24.3 Å². The molecule has 0 aliphatic heterocycles. The monoisotopic (exact) mass is 310 g/mol. The second-order valence-corrected chi connectivity index (χ2v) is 4.54. The highest BCUT2D eigenvalue weighted by Gasteiger charge is 2.05. The van der Waals surface area contributed by atoms with Crippen LogP contribution in [0.1, 0.15) is 12.0 Å². The van der Waals surface area contributed by atoms with E-state index in [0.717, 1.165) is 10.0 Å². The number of hydrogen-bond donors (Lipinski definition) is 1. The Balaban J connectivity index is 2.45. The summed E-state index contributed by atoms with van der Waals surface area (Å²) in [7, 11) is 0. The van der Waals surface area contributed by atoms with Crippen LogP contribution in [0.4, 0.5) is 0 Å². The van der Waals surface area contributed by atoms with Gasteiger partial charge in [-0.2, -0.15) is 0 Å². The zero-order valence-electron chi connectivity index (χ0n) is 9.93. The zero-order valence-corrected chi connectivity index (χ0v) is 11.5. The molecular formula is C14H15BrO3. The summed E-state index contributed by atoms with van der Waals surface area (Å²) in [5.41, 5.74) is 1.41. The molecule has 3 nitrogen and oxygen atoms in total. The number of hydrogen-bond acceptors (Lipinski definition) is 3. The van der Waals surface area contributed by atoms with Gasteiger partial charge in [-0.05, 0) is 24.1 Å². The van der Waals surface area contributed by atoms with E-state index in [9.17, 15) is 4.79 Å². The number of esters is 1. The number of halogens is 1. The van der Waals surface area contributed by atoms with Crippen LogP contribution in [0.3, 0.4) is 0 Å². The third-order valence-electron chi connectivity index (χ3n) is 2.14. The van der Waals surface area contributed by atoms with Crippen molar-refractivity contribution in [1.29, 1.82) is 0 Å². The molecule has 0 atom stereocenters. The number of ether oxygens (including phenoxy) is 1. The predicted molar refractivity (Wildman–Crippen MR) is 75.0 cm³/mol. The predicted octanol–water partition coefficient (Wildman–Crippen LogP) is 2.94. The lowest BCUT2D eigenvalue weighted by atomic mass is 10.1. The molecule has 0 amide bonds. The maximum atomic E-state index is 11.3. The quantitative estimate of drug-likeness (QED) is 0.649. The standard InChI is InChI=1S/C14H15BrO3/c1-11(14(17)18-9-8-16)4-2-5-12-6-3-7-13(15)10-12/h2-3,5-7,10,16H,1,4,8-9H2. The van der Waals surface area contributed by atoms with E-state index in [1.807, 2.05) is 36.4 Å². The molecule has 4 heteroatoms. The maximum Gasteiger partial charge on any atom is 0.333 e. The van der Waals surface area contributed by atoms with Gasteiger partial charge >= 0.3 is 5.97 Å². The van der Waals surface area contributed by atoms with Crippen molar-refractivity contribution in [3.63, 3.8) is 0 Å². The van der Waals surface area contributed by atoms with E-state index in [2.05, 4.69) is 22.5 Å². The van der Waals surface area contributed by atoms with Crippen molar-refractivity contribution < 1.29 is 14.6 Å². The number of carbonyl (C=O) groups is 1. The van der Waals surface area contributed by atoms with Crippen molar-refractivity contribution in [3.05, 3.63) is 52.5 Å². The average molecular weight is 311 g/mol. The normalized spacial score (nSPS) is 10.6. The first-order valence-corrected chi connectivity index (χ1v) is 6.30. The van der Waals surface area contributed by atoms with Crippen LogP contribution in [-0.2, 0) is 9.53 Å². The molecular weight excluding hydrogens is 296 g/mol. The lowest BCUT2D eigenvalue weighted by molar-refractivity contribution is -0.140. The molecule has 1 aromatic rings. The summed E-state index contributed by atoms with van der Waals surface area (Å²) in [6.07, 6.45) is 4.19. The average Bonchev–Trinajstić information content (AvgIpc) is 2.35. The summed E-state index contributed by atoms with van der Waals surface area (Å²) in [6, 6.07) is 7.83. The molecule has 0 aromatic heterocycles. The van der Waals surface area contributed by atoms with Crippen LogP contribution < -0.4 is 0 Å². The first kappa shape index (κ1) is 14.7. The topological polar surface area (TPSA) is 46.5 Å². The lowest BCUT2D eigenvalue weighted by Gasteiger charge is -2.03. The number of aliphatic hydroxyl groups excluding tert-OH is 1. The summed E-state index contributed by atoms with van der Waals surface area (Å²) in [5, 5.41) is 8.52. The van der Waals surface area contributed by atoms with E-state index < -0.39 is 5.97 Å². The van der Waals surface area contributed by atoms with Gasteiger partial charge in [-0.15, -0.1) is 0 Å². The molecule has 0 heterocycles. The molecule has 1 N–H and O–H groups in total. The molecule has 0 aliphatic carbocycles. The van der Waals surface area contributed by atoms with Crippen LogP contribution in [0.25, 0.3) is 6.08 Å². The van der Waals surface area contributed by atoms with Gasteiger partial charge in [0, 0.05) is 10.0 Å². The van der Waals surface area contributed by atoms with E-state index in [-0.39, 0.29) is 13.2 Å². The minimum atomic E-state index is -0.469. The molecule has 18 heavy (non-hydrogen) atoms. The number of aliphatic hydroxyl groups is 1. The highest BCUT2D eigenvalue weighted by molar-refractivity contribution is 9.10. The van der Waals surface area contributed by atoms with Crippen LogP contribution in [0.15, 0.2) is 47.0 Å². The van der Waals surface area contributed by atoms with Gasteiger partial charge in [-0.25, -0.2) is 4.79 Å². The molecule has 1 rings (SSSR count). The fraction of sp³-hybridized carbons (Fsp3) is 0.214. The minimum absolute atomic E-state index is 0.00714. The number of benzene rings is 1. The maximum absolute atomic E-state index is 11.3. The van der Waals surface area contributed by atoms with Crippen molar-refractivity contribution in [3.8, 4) is 0 Å². The van der Waals surface area contributed by atoms with Crippen molar-refractivity contribution in [2.75, 3.05) is 13.2 Å². The van der Waals surface area contributed by atoms with Crippen LogP contribution in [0, 0.1) is 0 Å². The van der Waals surface area contributed by atoms with Gasteiger partial charge in [-0.3, -0.25) is 0 Å². The minimum Gasteiger partial charge on any atom is -0.460 e. The molecule has 96 valence electrons. The molecule has 0 saturated heterocycles. The molecule has 0 aliphatic rings. The largest absolute Gasteiger partial charge is 0.460 e. The third kappa shape index (κ3) is 5.29. The second kappa shape index (κ2) is 7.84. The fourth-order valence-corrected chi connectivity index (χ4v) is 1.69. The Bertz CT molecular complexity index is 452. The lowest BCUT2D eigenvalue weighted by Crippen LogP contribution is -2.09. The van der Waals surface area contributed by atoms with Crippen LogP contribution in [0.2, 0.25) is 0 Å². The Kier molecular flexibility index (Phi) is 6.39. The summed E-state index contributed by atoms with van der Waals surface area (Å²) in [5.74, 6) is -0.469. The Morgan fingerprint density at radius 1 is 1.50 bits per heavy atom. The van der Waals surface area contributed by atoms with Crippen molar-refractivity contribution in [2.45, 2.75) is 6.42 Å². The summed E-state index contributed by atoms with van der Waals surface area (Å²) in [4.78, 5) is 11.3. The van der Waals surface area contributed by atoms with Crippen molar-refractivity contribution >= 4 is 28.0 Å². The smallest absolute Gasteiger partial charge is 0.333 e. The van der Waals surface area contributed by atoms with Crippen molar-refractivity contribution in [2.24, 2.45) is 0 Å². The summed E-state index contributed by atoms with van der Waals surface area (Å²) >= 11 is 3.39. The molecule has 0 fully saturated rings. The number of allylic oxidation sites excluding steroid dienone is 1. The zero-order chi connectivity index (χ0) is 13.4. The molecule has 0 unspecified atom stereocenters. The second-order valence-electron chi connectivity index (χ2n) is 3.62. The van der Waals surface area contributed by atoms with Gasteiger partial charge in [-0.1, -0.05) is 46.8 Å². The fourth-order valence-electron chi connectivity index (χ4n) is 1.27. The van der Waals surface area contributed by atoms with Gasteiger partial charge in [0.15, 0.2) is 0 Å². The summed E-state index contributed by atoms with van der Waals surface area (Å²) < 4.78 is 5.75. The van der Waals surface area contributed by atoms with Gasteiger partial charge in [0.2, 0.25) is 0 Å². The molecule has 0 bridgehead atoms. The molecule has 0 spiro atoms. The Morgan fingerprint density at radius 2 is 2.28 bits per heavy atom. The number of rotatable bonds is 6. The Morgan fingerprint density at radius 3 is 2.94 bits per heavy atom. The van der Waals surface area contributed by atoms with Crippen molar-refractivity contribution in [1.82, 2.24) is 0 Å². The van der Waals surface area contributed by atoms with Crippen LogP contribution in [0.5, 0.6) is 0 Å². The highest BCUT2D eigenvalue weighted by atomic mass is 79.9. The van der Waals surface area contributed by atoms with E-state index in [0.29, 0.717) is 12.0 Å². The molecule has 0 radical (unpaired) electrons. The van der Waals surface area contributed by atoms with E-state index >= 15 is 0 Å². The van der Waals surface area contributed by atoms with Crippen LogP contribution >= 0.6 is 15.9 Å². The van der Waals surface area contributed by atoms with E-state index in [1.54, 1.807) is 0 Å². The first-order valence-electron chi connectivity index (χ1n) is 5.51. The van der Waals surface area contributed by atoms with Gasteiger partial charge < -0.3 is 9.84 Å². The number of carbonyl (C=O) groups excluding carboxylic acids is 1. The molecule has 0 saturated carbocycles. The molecule has 1 aromatic carbocycles. The van der Waals surface area contributed by atoms with Gasteiger partial charge in [0.05, 0.1) is 6.61 Å². The highest BCUT2D eigenvalue weighted by Crippen LogP contribution is 2.13. The third-order valence-corrected chi connectivity index (χ3v) is 2.63. The SMILES string of the molecule is C=C(CC=Cc1cccc(Br)c1)C(=O)OCCO. The van der Waals surface area contributed by atoms with Gasteiger partial charge in [0.25, 0.3) is 0 Å². The Hall–Kier alpha value is -1.39. The first-order chi connectivity index (χ1) is 8.63. The van der Waals surface area contributed by atoms with E-state index in [4.69, 9.17) is 9.84 Å². The Labute approximate surface area is 115 Å². The summed E-state index contributed by atoms with van der Waals surface area (Å²) in [6.45, 7) is 3.47. The van der Waals surface area contributed by atoms with E-state index in [1.165, 1.54) is 0 Å².